The first kappa shape index (κ1) is 22.7. The molecule has 0 heterocycles. The quantitative estimate of drug-likeness (QED) is 0.672. The summed E-state index contributed by atoms with van der Waals surface area (Å²) in [6.07, 6.45) is 2.16. The molecule has 0 aromatic heterocycles. The average Bonchev–Trinajstić information content (AvgIpc) is 2.70. The predicted octanol–water partition coefficient (Wildman–Crippen LogP) is 3.82. The third kappa shape index (κ3) is 5.73. The SMILES string of the molecule is CC[C@H](NC(=O)[C@@H](CC)N(c1ccc(OC)cc1)S(C)(=O)=O)c1ccc(C)cc1. The van der Waals surface area contributed by atoms with E-state index < -0.39 is 16.1 Å². The van der Waals surface area contributed by atoms with E-state index in [1.165, 1.54) is 4.31 Å². The molecule has 158 valence electrons. The van der Waals surface area contributed by atoms with Gasteiger partial charge in [-0.2, -0.15) is 0 Å². The molecule has 0 saturated heterocycles. The molecule has 2 rings (SSSR count). The molecule has 1 amide bonds. The van der Waals surface area contributed by atoms with Crippen LogP contribution in [0.5, 0.6) is 5.75 Å². The first-order valence-electron chi connectivity index (χ1n) is 9.71. The molecule has 0 fully saturated rings. The van der Waals surface area contributed by atoms with Gasteiger partial charge in [0.25, 0.3) is 0 Å². The molecule has 0 aliphatic heterocycles. The molecule has 0 spiro atoms. The van der Waals surface area contributed by atoms with Gasteiger partial charge in [0.2, 0.25) is 15.9 Å². The highest BCUT2D eigenvalue weighted by molar-refractivity contribution is 7.92. The number of anilines is 1. The van der Waals surface area contributed by atoms with Gasteiger partial charge in [-0.1, -0.05) is 43.7 Å². The van der Waals surface area contributed by atoms with Crippen LogP contribution in [0.25, 0.3) is 0 Å². The Morgan fingerprint density at radius 2 is 1.62 bits per heavy atom. The molecule has 2 atom stereocenters. The van der Waals surface area contributed by atoms with Gasteiger partial charge in [0.05, 0.1) is 25.1 Å². The second-order valence-electron chi connectivity index (χ2n) is 7.06. The highest BCUT2D eigenvalue weighted by Crippen LogP contribution is 2.26. The summed E-state index contributed by atoms with van der Waals surface area (Å²) in [5, 5.41) is 3.03. The summed E-state index contributed by atoms with van der Waals surface area (Å²) in [5.41, 5.74) is 2.57. The van der Waals surface area contributed by atoms with E-state index in [9.17, 15) is 13.2 Å². The maximum absolute atomic E-state index is 13.1. The minimum Gasteiger partial charge on any atom is -0.497 e. The van der Waals surface area contributed by atoms with Crippen molar-refractivity contribution in [1.29, 1.82) is 0 Å². The lowest BCUT2D eigenvalue weighted by Gasteiger charge is -2.31. The van der Waals surface area contributed by atoms with Gasteiger partial charge in [-0.05, 0) is 49.6 Å². The van der Waals surface area contributed by atoms with Gasteiger partial charge in [-0.3, -0.25) is 9.10 Å². The van der Waals surface area contributed by atoms with Crippen molar-refractivity contribution in [3.05, 3.63) is 59.7 Å². The number of rotatable bonds is 9. The number of nitrogens with one attached hydrogen (secondary N) is 1. The number of hydrogen-bond donors (Lipinski definition) is 1. The highest BCUT2D eigenvalue weighted by Gasteiger charge is 2.32. The van der Waals surface area contributed by atoms with E-state index in [4.69, 9.17) is 4.74 Å². The van der Waals surface area contributed by atoms with Crippen LogP contribution in [-0.2, 0) is 14.8 Å². The third-order valence-electron chi connectivity index (χ3n) is 4.86. The Morgan fingerprint density at radius 1 is 1.03 bits per heavy atom. The van der Waals surface area contributed by atoms with Crippen LogP contribution in [0.3, 0.4) is 0 Å². The van der Waals surface area contributed by atoms with Crippen LogP contribution in [0.1, 0.15) is 43.9 Å². The number of aryl methyl sites for hydroxylation is 1. The van der Waals surface area contributed by atoms with Crippen molar-refractivity contribution in [2.24, 2.45) is 0 Å². The van der Waals surface area contributed by atoms with E-state index in [1.54, 1.807) is 38.3 Å². The molecule has 0 bridgehead atoms. The Morgan fingerprint density at radius 3 is 2.07 bits per heavy atom. The van der Waals surface area contributed by atoms with Crippen LogP contribution in [-0.4, -0.2) is 33.7 Å². The second-order valence-corrected chi connectivity index (χ2v) is 8.92. The molecule has 0 unspecified atom stereocenters. The van der Waals surface area contributed by atoms with E-state index in [0.29, 0.717) is 24.3 Å². The van der Waals surface area contributed by atoms with Crippen molar-refractivity contribution >= 4 is 21.6 Å². The summed E-state index contributed by atoms with van der Waals surface area (Å²) < 4.78 is 31.5. The summed E-state index contributed by atoms with van der Waals surface area (Å²) in [6, 6.07) is 13.6. The Kier molecular flexibility index (Phi) is 7.67. The number of nitrogens with zero attached hydrogens (tertiary/aromatic N) is 1. The van der Waals surface area contributed by atoms with Gasteiger partial charge in [-0.25, -0.2) is 8.42 Å². The number of ether oxygens (including phenoxy) is 1. The minimum atomic E-state index is -3.67. The van der Waals surface area contributed by atoms with Gasteiger partial charge < -0.3 is 10.1 Å². The average molecular weight is 419 g/mol. The molecule has 7 heteroatoms. The molecule has 2 aromatic carbocycles. The van der Waals surface area contributed by atoms with Crippen molar-refractivity contribution in [3.63, 3.8) is 0 Å². The van der Waals surface area contributed by atoms with Crippen molar-refractivity contribution in [1.82, 2.24) is 5.32 Å². The van der Waals surface area contributed by atoms with Gasteiger partial charge in [-0.15, -0.1) is 0 Å². The first-order valence-corrected chi connectivity index (χ1v) is 11.6. The topological polar surface area (TPSA) is 75.7 Å². The standard InChI is InChI=1S/C22H30N2O4S/c1-6-20(17-10-8-16(3)9-11-17)23-22(25)21(7-2)24(29(5,26)27)18-12-14-19(28-4)15-13-18/h8-15,20-21H,6-7H2,1-5H3,(H,23,25)/t20-,21+/m0/s1. The molecule has 6 nitrogen and oxygen atoms in total. The molecular formula is C22H30N2O4S. The summed E-state index contributed by atoms with van der Waals surface area (Å²) in [7, 11) is -2.13. The van der Waals surface area contributed by atoms with E-state index in [1.807, 2.05) is 38.1 Å². The lowest BCUT2D eigenvalue weighted by Crippen LogP contribution is -2.50. The van der Waals surface area contributed by atoms with Crippen molar-refractivity contribution < 1.29 is 17.9 Å². The fourth-order valence-electron chi connectivity index (χ4n) is 3.28. The number of benzene rings is 2. The van der Waals surface area contributed by atoms with Crippen molar-refractivity contribution in [2.75, 3.05) is 17.7 Å². The van der Waals surface area contributed by atoms with Crippen molar-refractivity contribution in [2.45, 2.75) is 45.7 Å². The van der Waals surface area contributed by atoms with E-state index in [2.05, 4.69) is 5.32 Å². The Balaban J connectivity index is 2.32. The third-order valence-corrected chi connectivity index (χ3v) is 6.04. The maximum Gasteiger partial charge on any atom is 0.244 e. The highest BCUT2D eigenvalue weighted by atomic mass is 32.2. The van der Waals surface area contributed by atoms with Crippen LogP contribution >= 0.6 is 0 Å². The monoisotopic (exact) mass is 418 g/mol. The molecule has 0 radical (unpaired) electrons. The molecule has 0 aliphatic rings. The maximum atomic E-state index is 13.1. The number of hydrogen-bond acceptors (Lipinski definition) is 4. The van der Waals surface area contributed by atoms with Gasteiger partial charge >= 0.3 is 0 Å². The number of amides is 1. The minimum absolute atomic E-state index is 0.186. The molecular weight excluding hydrogens is 388 g/mol. The van der Waals surface area contributed by atoms with Crippen LogP contribution < -0.4 is 14.4 Å². The Labute approximate surface area is 173 Å². The normalized spacial score (nSPS) is 13.4. The Hall–Kier alpha value is -2.54. The lowest BCUT2D eigenvalue weighted by molar-refractivity contribution is -0.123. The summed E-state index contributed by atoms with van der Waals surface area (Å²) in [6.45, 7) is 5.80. The van der Waals surface area contributed by atoms with Crippen LogP contribution in [0.15, 0.2) is 48.5 Å². The lowest BCUT2D eigenvalue weighted by atomic mass is 10.0. The molecule has 29 heavy (non-hydrogen) atoms. The zero-order chi connectivity index (χ0) is 21.6. The number of methoxy groups -OCH3 is 1. The fraction of sp³-hybridized carbons (Fsp3) is 0.409. The van der Waals surface area contributed by atoms with E-state index in [-0.39, 0.29) is 11.9 Å². The van der Waals surface area contributed by atoms with E-state index >= 15 is 0 Å². The molecule has 2 aromatic rings. The largest absolute Gasteiger partial charge is 0.497 e. The van der Waals surface area contributed by atoms with Gasteiger partial charge in [0, 0.05) is 0 Å². The predicted molar refractivity (Wildman–Crippen MR) is 117 cm³/mol. The zero-order valence-corrected chi connectivity index (χ0v) is 18.5. The molecule has 0 aliphatic carbocycles. The smallest absolute Gasteiger partial charge is 0.244 e. The van der Waals surface area contributed by atoms with Gasteiger partial charge in [0.15, 0.2) is 0 Å². The summed E-state index contributed by atoms with van der Waals surface area (Å²) in [4.78, 5) is 13.1. The van der Waals surface area contributed by atoms with Crippen molar-refractivity contribution in [3.8, 4) is 5.75 Å². The van der Waals surface area contributed by atoms with Crippen LogP contribution in [0.4, 0.5) is 5.69 Å². The second kappa shape index (κ2) is 9.78. The fourth-order valence-corrected chi connectivity index (χ4v) is 4.49. The summed E-state index contributed by atoms with van der Waals surface area (Å²) >= 11 is 0. The first-order chi connectivity index (χ1) is 13.7. The van der Waals surface area contributed by atoms with Crippen LogP contribution in [0, 0.1) is 6.92 Å². The van der Waals surface area contributed by atoms with Crippen LogP contribution in [0.2, 0.25) is 0 Å². The zero-order valence-electron chi connectivity index (χ0n) is 17.7. The number of sulfonamides is 1. The number of carbonyl (C=O) groups is 1. The number of carbonyl (C=O) groups excluding carboxylic acids is 1. The van der Waals surface area contributed by atoms with E-state index in [0.717, 1.165) is 17.4 Å². The molecule has 1 N–H and O–H groups in total. The Bertz CT molecular complexity index is 909. The van der Waals surface area contributed by atoms with Gasteiger partial charge in [0.1, 0.15) is 11.8 Å². The summed E-state index contributed by atoms with van der Waals surface area (Å²) in [5.74, 6) is 0.297. The molecule has 0 saturated carbocycles.